The Morgan fingerprint density at radius 1 is 0.591 bits per heavy atom. The topological polar surface area (TPSA) is 57.2 Å². The van der Waals surface area contributed by atoms with Gasteiger partial charge in [-0.3, -0.25) is 0 Å². The van der Waals surface area contributed by atoms with Crippen LogP contribution in [0.3, 0.4) is 0 Å². The molecule has 0 aliphatic heterocycles. The van der Waals surface area contributed by atoms with Gasteiger partial charge in [0.15, 0.2) is 40.7 Å². The Hall–Kier alpha value is -0.880. The fourth-order valence-electron chi connectivity index (χ4n) is 1.70. The Balaban J connectivity index is 0.00000242. The van der Waals surface area contributed by atoms with E-state index in [0.717, 1.165) is 0 Å². The molecule has 0 bridgehead atoms. The summed E-state index contributed by atoms with van der Waals surface area (Å²) in [5.74, 6) is -18.1. The smallest absolute Gasteiger partial charge is 0.744 e. The molecule has 2 aromatic rings. The Kier molecular flexibility index (Phi) is 5.20. The maximum Gasteiger partial charge on any atom is 1.00 e. The second-order valence-electron chi connectivity index (χ2n) is 3.73. The molecule has 2 aromatic carbocycles. The van der Waals surface area contributed by atoms with E-state index in [4.69, 9.17) is 0 Å². The summed E-state index contributed by atoms with van der Waals surface area (Å²) in [4.78, 5) is -2.35. The summed E-state index contributed by atoms with van der Waals surface area (Å²) < 4.78 is 125. The molecule has 0 unspecified atom stereocenters. The van der Waals surface area contributed by atoms with E-state index >= 15 is 0 Å². The number of fused-ring (bicyclic) bond motifs is 1. The van der Waals surface area contributed by atoms with E-state index in [2.05, 4.69) is 0 Å². The third kappa shape index (κ3) is 2.60. The first kappa shape index (κ1) is 19.2. The summed E-state index contributed by atoms with van der Waals surface area (Å²) in [6.45, 7) is 0. The van der Waals surface area contributed by atoms with Crippen molar-refractivity contribution in [1.29, 1.82) is 0 Å². The van der Waals surface area contributed by atoms with Crippen LogP contribution in [0.1, 0.15) is 0 Å². The molecule has 2 rings (SSSR count). The molecule has 0 saturated heterocycles. The van der Waals surface area contributed by atoms with Crippen LogP contribution >= 0.6 is 0 Å². The Bertz CT molecular complexity index is 890. The molecule has 0 spiro atoms. The molecule has 0 heterocycles. The summed E-state index contributed by atoms with van der Waals surface area (Å²) in [6, 6.07) is 0. The minimum atomic E-state index is -6.00. The maximum atomic E-state index is 13.5. The molecule has 0 aliphatic rings. The molecule has 12 heteroatoms. The summed E-state index contributed by atoms with van der Waals surface area (Å²) in [5.41, 5.74) is 0. The molecule has 0 aliphatic carbocycles. The van der Waals surface area contributed by atoms with E-state index < -0.39 is 66.5 Å². The zero-order chi connectivity index (χ0) is 16.3. The third-order valence-electron chi connectivity index (χ3n) is 2.55. The van der Waals surface area contributed by atoms with Crippen LogP contribution in [0.5, 0.6) is 0 Å². The quantitative estimate of drug-likeness (QED) is 0.232. The summed E-state index contributed by atoms with van der Waals surface area (Å²) in [5, 5.41) is -4.07. The fourth-order valence-corrected chi connectivity index (χ4v) is 2.45. The van der Waals surface area contributed by atoms with Gasteiger partial charge in [0.1, 0.15) is 15.0 Å². The fraction of sp³-hybridized carbons (Fsp3) is 0. The number of benzene rings is 2. The average Bonchev–Trinajstić information content (AvgIpc) is 2.38. The van der Waals surface area contributed by atoms with Gasteiger partial charge in [0.25, 0.3) is 0 Å². The monoisotopic (exact) mass is 356 g/mol. The van der Waals surface area contributed by atoms with Crippen LogP contribution in [-0.4, -0.2) is 13.0 Å². The molecule has 114 valence electrons. The van der Waals surface area contributed by atoms with Crippen LogP contribution in [0.2, 0.25) is 0 Å². The summed E-state index contributed by atoms with van der Waals surface area (Å²) in [6.07, 6.45) is 0. The van der Waals surface area contributed by atoms with Crippen molar-refractivity contribution in [2.75, 3.05) is 0 Å². The van der Waals surface area contributed by atoms with Gasteiger partial charge in [0.2, 0.25) is 0 Å². The molecular formula is C10F7NaO3S. The van der Waals surface area contributed by atoms with Crippen molar-refractivity contribution >= 4 is 20.9 Å². The van der Waals surface area contributed by atoms with Crippen LogP contribution in [0.15, 0.2) is 4.90 Å². The van der Waals surface area contributed by atoms with Crippen molar-refractivity contribution in [3.05, 3.63) is 40.7 Å². The Morgan fingerprint density at radius 3 is 1.27 bits per heavy atom. The first-order valence-corrected chi connectivity index (χ1v) is 6.19. The molecular weight excluding hydrogens is 356 g/mol. The van der Waals surface area contributed by atoms with Gasteiger partial charge < -0.3 is 4.55 Å². The summed E-state index contributed by atoms with van der Waals surface area (Å²) in [7, 11) is -6.00. The first-order valence-electron chi connectivity index (χ1n) is 4.78. The molecule has 0 N–H and O–H groups in total. The van der Waals surface area contributed by atoms with Crippen molar-refractivity contribution in [3.63, 3.8) is 0 Å². The van der Waals surface area contributed by atoms with Gasteiger partial charge in [-0.2, -0.15) is 0 Å². The van der Waals surface area contributed by atoms with Gasteiger partial charge in [-0.05, 0) is 0 Å². The average molecular weight is 356 g/mol. The molecule has 0 atom stereocenters. The molecule has 22 heavy (non-hydrogen) atoms. The van der Waals surface area contributed by atoms with Gasteiger partial charge >= 0.3 is 29.6 Å². The maximum absolute atomic E-state index is 13.5. The van der Waals surface area contributed by atoms with E-state index in [9.17, 15) is 43.7 Å². The molecule has 0 radical (unpaired) electrons. The Labute approximate surface area is 139 Å². The van der Waals surface area contributed by atoms with Gasteiger partial charge in [-0.25, -0.2) is 39.2 Å². The second-order valence-corrected chi connectivity index (χ2v) is 5.05. The van der Waals surface area contributed by atoms with E-state index in [1.165, 1.54) is 0 Å². The molecule has 3 nitrogen and oxygen atoms in total. The van der Waals surface area contributed by atoms with Crippen molar-refractivity contribution in [2.45, 2.75) is 4.90 Å². The van der Waals surface area contributed by atoms with Crippen LogP contribution in [0, 0.1) is 40.7 Å². The first-order chi connectivity index (χ1) is 9.50. The number of halogens is 7. The van der Waals surface area contributed by atoms with Crippen molar-refractivity contribution in [3.8, 4) is 0 Å². The SMILES string of the molecule is O=S(=O)([O-])c1c(F)c(F)c(F)c2c(F)c(F)c(F)c(F)c12.[Na+]. The van der Waals surface area contributed by atoms with Crippen LogP contribution in [-0.2, 0) is 10.1 Å². The molecule has 0 fully saturated rings. The standard InChI is InChI=1S/C10HF7O3S.Na/c11-3-1-2(5(13)7(15)6(3)14)10(21(18,19)20)9(17)8(16)4(1)12;/h(H,18,19,20);/q;+1/p-1. The van der Waals surface area contributed by atoms with Gasteiger partial charge in [0.05, 0.1) is 5.39 Å². The molecule has 0 amide bonds. The van der Waals surface area contributed by atoms with Crippen LogP contribution < -0.4 is 29.6 Å². The number of rotatable bonds is 1. The minimum absolute atomic E-state index is 0. The van der Waals surface area contributed by atoms with Crippen molar-refractivity contribution in [1.82, 2.24) is 0 Å². The van der Waals surface area contributed by atoms with Gasteiger partial charge in [-0.1, -0.05) is 0 Å². The largest absolute Gasteiger partial charge is 1.00 e. The number of hydrogen-bond donors (Lipinski definition) is 0. The van der Waals surface area contributed by atoms with Crippen LogP contribution in [0.25, 0.3) is 10.8 Å². The molecule has 0 aromatic heterocycles. The van der Waals surface area contributed by atoms with E-state index in [-0.39, 0.29) is 29.6 Å². The second kappa shape index (κ2) is 5.96. The van der Waals surface area contributed by atoms with Gasteiger partial charge in [0, 0.05) is 5.39 Å². The predicted octanol–water partition coefficient (Wildman–Crippen LogP) is -0.278. The summed E-state index contributed by atoms with van der Waals surface area (Å²) >= 11 is 0. The van der Waals surface area contributed by atoms with Crippen molar-refractivity contribution < 1.29 is 73.3 Å². The zero-order valence-electron chi connectivity index (χ0n) is 10.3. The van der Waals surface area contributed by atoms with E-state index in [0.29, 0.717) is 0 Å². The third-order valence-corrected chi connectivity index (χ3v) is 3.43. The van der Waals surface area contributed by atoms with E-state index in [1.54, 1.807) is 0 Å². The van der Waals surface area contributed by atoms with Crippen molar-refractivity contribution in [2.24, 2.45) is 0 Å². The van der Waals surface area contributed by atoms with Crippen LogP contribution in [0.4, 0.5) is 30.7 Å². The predicted molar refractivity (Wildman–Crippen MR) is 51.6 cm³/mol. The zero-order valence-corrected chi connectivity index (χ0v) is 13.1. The minimum Gasteiger partial charge on any atom is -0.744 e. The number of hydrogen-bond acceptors (Lipinski definition) is 3. The van der Waals surface area contributed by atoms with Gasteiger partial charge in [-0.15, -0.1) is 0 Å². The molecule has 0 saturated carbocycles. The van der Waals surface area contributed by atoms with E-state index in [1.807, 2.05) is 0 Å². The Morgan fingerprint density at radius 2 is 0.909 bits per heavy atom. The normalized spacial score (nSPS) is 11.6.